The number of rotatable bonds is 3. The Morgan fingerprint density at radius 3 is 2.36 bits per heavy atom. The van der Waals surface area contributed by atoms with E-state index in [0.717, 1.165) is 36.4 Å². The molecule has 28 heavy (non-hydrogen) atoms. The lowest BCUT2D eigenvalue weighted by Gasteiger charge is -2.31. The lowest BCUT2D eigenvalue weighted by atomic mass is 9.94. The third kappa shape index (κ3) is 4.60. The molecule has 4 rings (SSSR count). The van der Waals surface area contributed by atoms with Gasteiger partial charge in [0.1, 0.15) is 0 Å². The van der Waals surface area contributed by atoms with Crippen LogP contribution >= 0.6 is 35.0 Å². The zero-order valence-electron chi connectivity index (χ0n) is 16.0. The van der Waals surface area contributed by atoms with Gasteiger partial charge in [0.15, 0.2) is 5.17 Å². The molecule has 3 aliphatic rings. The molecule has 1 heterocycles. The summed E-state index contributed by atoms with van der Waals surface area (Å²) in [7, 11) is 0. The summed E-state index contributed by atoms with van der Waals surface area (Å²) in [6.07, 6.45) is 13.8. The third-order valence-corrected chi connectivity index (χ3v) is 7.45. The second-order valence-corrected chi connectivity index (χ2v) is 9.80. The minimum Gasteiger partial charge on any atom is -0.284 e. The quantitative estimate of drug-likeness (QED) is 0.480. The molecule has 2 saturated carbocycles. The number of thioether (sulfide) groups is 1. The van der Waals surface area contributed by atoms with Crippen molar-refractivity contribution in [1.29, 1.82) is 0 Å². The molecule has 1 saturated heterocycles. The van der Waals surface area contributed by atoms with Crippen LogP contribution in [0.4, 0.5) is 0 Å². The van der Waals surface area contributed by atoms with Gasteiger partial charge in [-0.2, -0.15) is 0 Å². The zero-order valence-corrected chi connectivity index (χ0v) is 18.3. The minimum absolute atomic E-state index is 0.0810. The van der Waals surface area contributed by atoms with Gasteiger partial charge in [0.25, 0.3) is 5.91 Å². The first-order valence-electron chi connectivity index (χ1n) is 10.4. The van der Waals surface area contributed by atoms with Crippen LogP contribution in [0.1, 0.15) is 69.8 Å². The van der Waals surface area contributed by atoms with E-state index in [2.05, 4.69) is 0 Å². The molecule has 0 atom stereocenters. The first-order chi connectivity index (χ1) is 13.6. The molecular weight excluding hydrogens is 411 g/mol. The van der Waals surface area contributed by atoms with Crippen molar-refractivity contribution in [2.24, 2.45) is 4.99 Å². The van der Waals surface area contributed by atoms with E-state index < -0.39 is 0 Å². The number of carbonyl (C=O) groups excluding carboxylic acids is 1. The molecule has 3 fully saturated rings. The molecule has 1 aromatic rings. The van der Waals surface area contributed by atoms with Crippen LogP contribution in [0, 0.1) is 0 Å². The fourth-order valence-corrected chi connectivity index (χ4v) is 5.93. The Morgan fingerprint density at radius 2 is 1.68 bits per heavy atom. The van der Waals surface area contributed by atoms with Crippen LogP contribution in [0.15, 0.2) is 28.1 Å². The summed E-state index contributed by atoms with van der Waals surface area (Å²) >= 11 is 13.9. The first-order valence-corrected chi connectivity index (χ1v) is 11.9. The molecule has 0 bridgehead atoms. The van der Waals surface area contributed by atoms with E-state index in [1.54, 1.807) is 12.1 Å². The van der Waals surface area contributed by atoms with Crippen molar-refractivity contribution < 1.29 is 4.79 Å². The predicted molar refractivity (Wildman–Crippen MR) is 120 cm³/mol. The van der Waals surface area contributed by atoms with E-state index in [4.69, 9.17) is 28.2 Å². The average Bonchev–Trinajstić information content (AvgIpc) is 3.00. The van der Waals surface area contributed by atoms with Crippen molar-refractivity contribution in [3.05, 3.63) is 38.7 Å². The van der Waals surface area contributed by atoms with Gasteiger partial charge in [0.05, 0.1) is 10.9 Å². The van der Waals surface area contributed by atoms with E-state index in [1.165, 1.54) is 50.3 Å². The summed E-state index contributed by atoms with van der Waals surface area (Å²) in [5.41, 5.74) is 0.824. The molecule has 6 heteroatoms. The first kappa shape index (κ1) is 20.3. The van der Waals surface area contributed by atoms with Crippen molar-refractivity contribution in [2.45, 2.75) is 76.3 Å². The average molecular weight is 437 g/mol. The van der Waals surface area contributed by atoms with E-state index >= 15 is 0 Å². The number of benzene rings is 1. The minimum atomic E-state index is 0.0810. The summed E-state index contributed by atoms with van der Waals surface area (Å²) in [6, 6.07) is 6.03. The van der Waals surface area contributed by atoms with Crippen molar-refractivity contribution in [3.8, 4) is 0 Å². The number of hydrogen-bond donors (Lipinski definition) is 0. The van der Waals surface area contributed by atoms with Crippen molar-refractivity contribution in [1.82, 2.24) is 4.90 Å². The molecule has 0 N–H and O–H groups in total. The van der Waals surface area contributed by atoms with Crippen molar-refractivity contribution in [3.63, 3.8) is 0 Å². The summed E-state index contributed by atoms with van der Waals surface area (Å²) in [4.78, 5) is 21.1. The molecule has 3 nitrogen and oxygen atoms in total. The maximum Gasteiger partial charge on any atom is 0.267 e. The molecule has 2 aliphatic carbocycles. The molecular formula is C22H26Cl2N2OS. The number of amidine groups is 1. The van der Waals surface area contributed by atoms with Gasteiger partial charge in [0.2, 0.25) is 0 Å². The SMILES string of the molecule is O=C1C(=Cc2ccc(Cl)cc2Cl)SC(=NC2CCCCC2)N1C1CCCCC1. The summed E-state index contributed by atoms with van der Waals surface area (Å²) in [5.74, 6) is 0.0810. The lowest BCUT2D eigenvalue weighted by molar-refractivity contribution is -0.124. The second-order valence-electron chi connectivity index (χ2n) is 7.95. The van der Waals surface area contributed by atoms with Crippen LogP contribution in [-0.2, 0) is 4.79 Å². The second kappa shape index (κ2) is 9.23. The Morgan fingerprint density at radius 1 is 1.00 bits per heavy atom. The number of aliphatic imine (C=N–C) groups is 1. The van der Waals surface area contributed by atoms with Crippen molar-refractivity contribution in [2.75, 3.05) is 0 Å². The highest BCUT2D eigenvalue weighted by molar-refractivity contribution is 8.18. The monoisotopic (exact) mass is 436 g/mol. The maximum atomic E-state index is 13.3. The number of halogens is 2. The van der Waals surface area contributed by atoms with E-state index in [-0.39, 0.29) is 11.9 Å². The third-order valence-electron chi connectivity index (χ3n) is 5.89. The number of carbonyl (C=O) groups is 1. The van der Waals surface area contributed by atoms with Gasteiger partial charge in [-0.3, -0.25) is 14.7 Å². The molecule has 0 spiro atoms. The molecule has 0 radical (unpaired) electrons. The van der Waals surface area contributed by atoms with Crippen molar-refractivity contribution >= 4 is 52.1 Å². The van der Waals surface area contributed by atoms with E-state index in [9.17, 15) is 4.79 Å². The standard InChI is InChI=1S/C22H26Cl2N2OS/c23-16-12-11-15(19(24)14-16)13-20-21(27)26(18-9-5-2-6-10-18)22(28-20)25-17-7-3-1-4-8-17/h11-14,17-18H,1-10H2. The fraction of sp³-hybridized carbons (Fsp3) is 0.545. The summed E-state index contributed by atoms with van der Waals surface area (Å²) < 4.78 is 0. The highest BCUT2D eigenvalue weighted by Crippen LogP contribution is 2.39. The van der Waals surface area contributed by atoms with Gasteiger partial charge >= 0.3 is 0 Å². The maximum absolute atomic E-state index is 13.3. The molecule has 0 unspecified atom stereocenters. The normalized spacial score (nSPS) is 25.2. The Hall–Kier alpha value is -0.970. The van der Waals surface area contributed by atoms with Crippen LogP contribution < -0.4 is 0 Å². The van der Waals surface area contributed by atoms with Gasteiger partial charge in [-0.15, -0.1) is 0 Å². The largest absolute Gasteiger partial charge is 0.284 e. The Bertz CT molecular complexity index is 796. The van der Waals surface area contributed by atoms with Gasteiger partial charge in [0, 0.05) is 16.1 Å². The molecule has 1 amide bonds. The van der Waals surface area contributed by atoms with Gasteiger partial charge in [-0.1, -0.05) is 67.8 Å². The topological polar surface area (TPSA) is 32.7 Å². The van der Waals surface area contributed by atoms with Crippen LogP contribution in [0.3, 0.4) is 0 Å². The number of hydrogen-bond acceptors (Lipinski definition) is 3. The van der Waals surface area contributed by atoms with E-state index in [0.29, 0.717) is 21.0 Å². The number of nitrogens with zero attached hydrogens (tertiary/aromatic N) is 2. The van der Waals surface area contributed by atoms with Crippen LogP contribution in [-0.4, -0.2) is 28.1 Å². The number of amides is 1. The fourth-order valence-electron chi connectivity index (χ4n) is 4.36. The summed E-state index contributed by atoms with van der Waals surface area (Å²) in [5, 5.41) is 2.07. The van der Waals surface area contributed by atoms with Gasteiger partial charge in [-0.05, 0) is 61.2 Å². The Labute approximate surface area is 181 Å². The smallest absolute Gasteiger partial charge is 0.267 e. The van der Waals surface area contributed by atoms with Crippen LogP contribution in [0.25, 0.3) is 6.08 Å². The molecule has 1 aliphatic heterocycles. The lowest BCUT2D eigenvalue weighted by Crippen LogP contribution is -2.41. The molecule has 1 aromatic carbocycles. The molecule has 0 aromatic heterocycles. The Kier molecular flexibility index (Phi) is 6.70. The molecule has 150 valence electrons. The predicted octanol–water partition coefficient (Wildman–Crippen LogP) is 6.93. The van der Waals surface area contributed by atoms with E-state index in [1.807, 2.05) is 17.0 Å². The van der Waals surface area contributed by atoms with Crippen LogP contribution in [0.5, 0.6) is 0 Å². The Balaban J connectivity index is 1.64. The van der Waals surface area contributed by atoms with Gasteiger partial charge < -0.3 is 0 Å². The van der Waals surface area contributed by atoms with Gasteiger partial charge in [-0.25, -0.2) is 0 Å². The highest BCUT2D eigenvalue weighted by atomic mass is 35.5. The summed E-state index contributed by atoms with van der Waals surface area (Å²) in [6.45, 7) is 0. The highest BCUT2D eigenvalue weighted by Gasteiger charge is 2.39. The zero-order chi connectivity index (χ0) is 19.5. The van der Waals surface area contributed by atoms with Crippen LogP contribution in [0.2, 0.25) is 10.0 Å².